The van der Waals surface area contributed by atoms with Gasteiger partial charge in [-0.05, 0) is 30.2 Å². The molecule has 0 saturated heterocycles. The summed E-state index contributed by atoms with van der Waals surface area (Å²) in [5, 5.41) is 1.06. The molecule has 3 heteroatoms. The Kier molecular flexibility index (Phi) is 4.09. The van der Waals surface area contributed by atoms with Gasteiger partial charge in [-0.3, -0.25) is 0 Å². The van der Waals surface area contributed by atoms with Crippen LogP contribution in [-0.4, -0.2) is 10.7 Å². The third-order valence-electron chi connectivity index (χ3n) is 1.70. The number of nitrogens with zero attached hydrogens (tertiary/aromatic N) is 1. The highest BCUT2D eigenvalue weighted by Crippen LogP contribution is 2.18. The number of nitrogens with two attached hydrogens (primary N) is 1. The summed E-state index contributed by atoms with van der Waals surface area (Å²) in [5.74, 6) is 1.90. The van der Waals surface area contributed by atoms with Gasteiger partial charge in [-0.25, -0.2) is 4.98 Å². The van der Waals surface area contributed by atoms with E-state index in [1.807, 2.05) is 12.1 Å². The average Bonchev–Trinajstić information content (AvgIpc) is 2.08. The largest absolute Gasteiger partial charge is 0.397 e. The fourth-order valence-corrected chi connectivity index (χ4v) is 1.97. The molecule has 1 aromatic heterocycles. The first kappa shape index (κ1) is 10.4. The Morgan fingerprint density at radius 1 is 1.46 bits per heavy atom. The molecule has 0 saturated carbocycles. The zero-order chi connectivity index (χ0) is 9.68. The predicted molar refractivity (Wildman–Crippen MR) is 58.8 cm³/mol. The maximum absolute atomic E-state index is 5.53. The quantitative estimate of drug-likeness (QED) is 0.753. The molecule has 1 aromatic rings. The normalized spacial score (nSPS) is 10.7. The van der Waals surface area contributed by atoms with Crippen molar-refractivity contribution in [1.29, 1.82) is 0 Å². The molecule has 1 heterocycles. The van der Waals surface area contributed by atoms with Gasteiger partial charge in [0.1, 0.15) is 0 Å². The van der Waals surface area contributed by atoms with Gasteiger partial charge in [0.25, 0.3) is 0 Å². The molecule has 13 heavy (non-hydrogen) atoms. The number of nitrogen functional groups attached to an aromatic ring is 1. The van der Waals surface area contributed by atoms with Crippen molar-refractivity contribution in [3.05, 3.63) is 18.3 Å². The summed E-state index contributed by atoms with van der Waals surface area (Å²) in [5.41, 5.74) is 6.26. The maximum Gasteiger partial charge on any atom is 0.0961 e. The molecule has 0 amide bonds. The third kappa shape index (κ3) is 4.18. The van der Waals surface area contributed by atoms with E-state index < -0.39 is 0 Å². The number of hydrogen-bond donors (Lipinski definition) is 1. The Bertz CT molecular complexity index is 244. The van der Waals surface area contributed by atoms with Crippen molar-refractivity contribution < 1.29 is 0 Å². The third-order valence-corrected chi connectivity index (χ3v) is 2.68. The fourth-order valence-electron chi connectivity index (χ4n) is 0.876. The minimum Gasteiger partial charge on any atom is -0.397 e. The summed E-state index contributed by atoms with van der Waals surface area (Å²) in [4.78, 5) is 4.21. The van der Waals surface area contributed by atoms with Crippen LogP contribution in [0.2, 0.25) is 0 Å². The van der Waals surface area contributed by atoms with Crippen LogP contribution in [0, 0.1) is 5.92 Å². The highest BCUT2D eigenvalue weighted by Gasteiger charge is 1.97. The van der Waals surface area contributed by atoms with E-state index in [9.17, 15) is 0 Å². The van der Waals surface area contributed by atoms with Crippen LogP contribution in [0.1, 0.15) is 20.3 Å². The van der Waals surface area contributed by atoms with E-state index in [0.717, 1.165) is 22.4 Å². The number of aromatic nitrogens is 1. The molecule has 0 aliphatic heterocycles. The molecule has 2 nitrogen and oxygen atoms in total. The minimum atomic E-state index is 0.730. The standard InChI is InChI=1S/C10H16N2S/c1-8(2)5-6-13-10-4-3-9(11)7-12-10/h3-4,7-8H,5-6,11H2,1-2H3. The molecular weight excluding hydrogens is 180 g/mol. The Morgan fingerprint density at radius 3 is 2.77 bits per heavy atom. The lowest BCUT2D eigenvalue weighted by molar-refractivity contribution is 0.632. The maximum atomic E-state index is 5.53. The van der Waals surface area contributed by atoms with Crippen molar-refractivity contribution in [2.24, 2.45) is 5.92 Å². The van der Waals surface area contributed by atoms with Crippen LogP contribution in [0.5, 0.6) is 0 Å². The van der Waals surface area contributed by atoms with Crippen LogP contribution in [0.25, 0.3) is 0 Å². The Morgan fingerprint density at radius 2 is 2.23 bits per heavy atom. The van der Waals surface area contributed by atoms with Gasteiger partial charge in [-0.2, -0.15) is 0 Å². The van der Waals surface area contributed by atoms with Gasteiger partial charge in [0, 0.05) is 0 Å². The summed E-state index contributed by atoms with van der Waals surface area (Å²) in [7, 11) is 0. The van der Waals surface area contributed by atoms with Crippen molar-refractivity contribution >= 4 is 17.4 Å². The van der Waals surface area contributed by atoms with Crippen molar-refractivity contribution in [3.63, 3.8) is 0 Å². The van der Waals surface area contributed by atoms with E-state index in [1.54, 1.807) is 18.0 Å². The first-order chi connectivity index (χ1) is 6.18. The second-order valence-electron chi connectivity index (χ2n) is 3.46. The van der Waals surface area contributed by atoms with E-state index in [1.165, 1.54) is 6.42 Å². The number of hydrogen-bond acceptors (Lipinski definition) is 3. The molecule has 0 radical (unpaired) electrons. The average molecular weight is 196 g/mol. The topological polar surface area (TPSA) is 38.9 Å². The molecule has 0 aliphatic carbocycles. The van der Waals surface area contributed by atoms with Gasteiger partial charge in [0.15, 0.2) is 0 Å². The summed E-state index contributed by atoms with van der Waals surface area (Å²) in [6.45, 7) is 4.47. The van der Waals surface area contributed by atoms with Crippen molar-refractivity contribution in [1.82, 2.24) is 4.98 Å². The van der Waals surface area contributed by atoms with E-state index in [4.69, 9.17) is 5.73 Å². The van der Waals surface area contributed by atoms with Crippen molar-refractivity contribution in [3.8, 4) is 0 Å². The lowest BCUT2D eigenvalue weighted by Gasteiger charge is -2.03. The Hall–Kier alpha value is -0.700. The van der Waals surface area contributed by atoms with Gasteiger partial charge in [0.05, 0.1) is 16.9 Å². The highest BCUT2D eigenvalue weighted by atomic mass is 32.2. The van der Waals surface area contributed by atoms with E-state index in [-0.39, 0.29) is 0 Å². The van der Waals surface area contributed by atoms with Gasteiger partial charge in [-0.15, -0.1) is 11.8 Å². The molecule has 2 N–H and O–H groups in total. The highest BCUT2D eigenvalue weighted by molar-refractivity contribution is 7.99. The summed E-state index contributed by atoms with van der Waals surface area (Å²) in [6, 6.07) is 3.87. The summed E-state index contributed by atoms with van der Waals surface area (Å²) < 4.78 is 0. The Labute approximate surface area is 83.9 Å². The first-order valence-electron chi connectivity index (χ1n) is 4.53. The van der Waals surface area contributed by atoms with Crippen LogP contribution in [-0.2, 0) is 0 Å². The van der Waals surface area contributed by atoms with Crippen LogP contribution >= 0.6 is 11.8 Å². The second kappa shape index (κ2) is 5.12. The lowest BCUT2D eigenvalue weighted by atomic mass is 10.2. The molecule has 72 valence electrons. The molecule has 1 rings (SSSR count). The van der Waals surface area contributed by atoms with Crippen molar-refractivity contribution in [2.45, 2.75) is 25.3 Å². The van der Waals surface area contributed by atoms with Crippen molar-refractivity contribution in [2.75, 3.05) is 11.5 Å². The molecule has 0 aliphatic rings. The zero-order valence-electron chi connectivity index (χ0n) is 8.16. The predicted octanol–water partition coefficient (Wildman–Crippen LogP) is 2.80. The van der Waals surface area contributed by atoms with Gasteiger partial charge in [-0.1, -0.05) is 13.8 Å². The fraction of sp³-hybridized carbons (Fsp3) is 0.500. The number of thioether (sulfide) groups is 1. The monoisotopic (exact) mass is 196 g/mol. The summed E-state index contributed by atoms with van der Waals surface area (Å²) >= 11 is 1.79. The first-order valence-corrected chi connectivity index (χ1v) is 5.51. The van der Waals surface area contributed by atoms with Crippen LogP contribution < -0.4 is 5.73 Å². The number of anilines is 1. The zero-order valence-corrected chi connectivity index (χ0v) is 8.97. The van der Waals surface area contributed by atoms with Crippen LogP contribution in [0.3, 0.4) is 0 Å². The van der Waals surface area contributed by atoms with Gasteiger partial charge >= 0.3 is 0 Å². The smallest absolute Gasteiger partial charge is 0.0961 e. The van der Waals surface area contributed by atoms with Crippen LogP contribution in [0.4, 0.5) is 5.69 Å². The van der Waals surface area contributed by atoms with Crippen LogP contribution in [0.15, 0.2) is 23.4 Å². The van der Waals surface area contributed by atoms with Gasteiger partial charge in [0.2, 0.25) is 0 Å². The molecule has 0 spiro atoms. The lowest BCUT2D eigenvalue weighted by Crippen LogP contribution is -1.91. The molecule has 0 bridgehead atoms. The van der Waals surface area contributed by atoms with E-state index >= 15 is 0 Å². The molecule has 0 fully saturated rings. The second-order valence-corrected chi connectivity index (χ2v) is 4.58. The van der Waals surface area contributed by atoms with E-state index in [2.05, 4.69) is 18.8 Å². The Balaban J connectivity index is 2.33. The summed E-state index contributed by atoms with van der Waals surface area (Å²) in [6.07, 6.45) is 2.94. The number of rotatable bonds is 4. The SMILES string of the molecule is CC(C)CCSc1ccc(N)cn1. The molecule has 0 atom stereocenters. The van der Waals surface area contributed by atoms with E-state index in [0.29, 0.717) is 0 Å². The number of pyridine rings is 1. The molecule has 0 unspecified atom stereocenters. The molecular formula is C10H16N2S. The minimum absolute atomic E-state index is 0.730. The van der Waals surface area contributed by atoms with Gasteiger partial charge < -0.3 is 5.73 Å². The molecule has 0 aromatic carbocycles.